The minimum absolute atomic E-state index is 0. The Labute approximate surface area is 316 Å². The van der Waals surface area contributed by atoms with E-state index in [1.54, 1.807) is 12.2 Å². The number of allylic oxidation sites excluding steroid dienone is 2. The molecule has 1 aromatic rings. The predicted octanol–water partition coefficient (Wildman–Crippen LogP) is 7.56. The molecule has 0 aliphatic heterocycles. The Hall–Kier alpha value is -0.814. The van der Waals surface area contributed by atoms with Crippen molar-refractivity contribution in [2.75, 3.05) is 0 Å². The second-order valence-corrected chi connectivity index (χ2v) is 13.0. The fourth-order valence-electron chi connectivity index (χ4n) is 5.10. The van der Waals surface area contributed by atoms with Crippen molar-refractivity contribution in [3.8, 4) is 0 Å². The number of rotatable bonds is 27. The van der Waals surface area contributed by atoms with Gasteiger partial charge in [-0.2, -0.15) is 0 Å². The van der Waals surface area contributed by atoms with Crippen molar-refractivity contribution < 1.29 is 83.4 Å². The molecule has 0 atom stereocenters. The third-order valence-corrected chi connectivity index (χ3v) is 8.59. The maximum atomic E-state index is 12.8. The summed E-state index contributed by atoms with van der Waals surface area (Å²) in [7, 11) is -5.04. The van der Waals surface area contributed by atoms with Gasteiger partial charge in [0.1, 0.15) is 10.1 Å². The van der Waals surface area contributed by atoms with Crippen molar-refractivity contribution in [1.82, 2.24) is 0 Å². The van der Waals surface area contributed by atoms with Crippen LogP contribution in [0.15, 0.2) is 47.8 Å². The van der Waals surface area contributed by atoms with Crippen LogP contribution in [0.5, 0.6) is 0 Å². The van der Waals surface area contributed by atoms with Gasteiger partial charge in [-0.25, -0.2) is 18.0 Å². The van der Waals surface area contributed by atoms with Crippen LogP contribution in [0.25, 0.3) is 0 Å². The largest absolute Gasteiger partial charge is 1.00 e. The smallest absolute Gasteiger partial charge is 0.744 e. The summed E-state index contributed by atoms with van der Waals surface area (Å²) >= 11 is 0. The molecule has 0 saturated carbocycles. The van der Waals surface area contributed by atoms with Gasteiger partial charge in [-0.3, -0.25) is 0 Å². The average Bonchev–Trinajstić information content (AvgIpc) is 3.00. The van der Waals surface area contributed by atoms with Crippen LogP contribution in [-0.2, 0) is 19.6 Å². The summed E-state index contributed by atoms with van der Waals surface area (Å²) in [5, 5.41) is 0. The van der Waals surface area contributed by atoms with Crippen LogP contribution in [0.3, 0.4) is 0 Å². The molecule has 1 rings (SSSR count). The second kappa shape index (κ2) is 29.3. The van der Waals surface area contributed by atoms with Crippen LogP contribution in [0.1, 0.15) is 176 Å². The van der Waals surface area contributed by atoms with E-state index in [1.165, 1.54) is 121 Å². The maximum absolute atomic E-state index is 12.8. The molecule has 0 aliphatic rings. The van der Waals surface area contributed by atoms with Crippen molar-refractivity contribution in [1.29, 1.82) is 0 Å². The van der Waals surface area contributed by atoms with Crippen LogP contribution in [0.4, 0.5) is 0 Å². The molecule has 1 aromatic carbocycles. The molecule has 0 N–H and O–H groups in total. The van der Waals surface area contributed by atoms with Crippen LogP contribution >= 0.6 is 0 Å². The van der Waals surface area contributed by atoms with E-state index < -0.39 is 32.5 Å². The molecule has 0 spiro atoms. The third-order valence-electron chi connectivity index (χ3n) is 7.71. The Morgan fingerprint density at radius 2 is 1.00 bits per heavy atom. The molecular formula is C36H57KO7S. The number of ether oxygens (including phenoxy) is 2. The molecule has 250 valence electrons. The summed E-state index contributed by atoms with van der Waals surface area (Å²) < 4.78 is 45.9. The molecule has 9 heteroatoms. The molecule has 0 radical (unpaired) electrons. The van der Waals surface area contributed by atoms with E-state index in [0.717, 1.165) is 44.6 Å². The van der Waals surface area contributed by atoms with Gasteiger partial charge in [-0.05, 0) is 50.0 Å². The summed E-state index contributed by atoms with van der Waals surface area (Å²) in [6.07, 6.45) is 31.7. The number of benzene rings is 1. The first kappa shape index (κ1) is 44.2. The summed E-state index contributed by atoms with van der Waals surface area (Å²) in [6.45, 7) is 4.44. The van der Waals surface area contributed by atoms with Gasteiger partial charge in [0.15, 0.2) is 0 Å². The number of esters is 2. The quantitative estimate of drug-likeness (QED) is 0.0312. The minimum atomic E-state index is -5.04. The van der Waals surface area contributed by atoms with E-state index in [0.29, 0.717) is 6.42 Å². The van der Waals surface area contributed by atoms with Crippen molar-refractivity contribution in [3.63, 3.8) is 0 Å². The zero-order valence-corrected chi connectivity index (χ0v) is 32.3. The van der Waals surface area contributed by atoms with Crippen LogP contribution in [0, 0.1) is 0 Å². The monoisotopic (exact) mass is 672 g/mol. The van der Waals surface area contributed by atoms with Gasteiger partial charge in [0.2, 0.25) is 0 Å². The summed E-state index contributed by atoms with van der Waals surface area (Å²) in [4.78, 5) is 24.8. The topological polar surface area (TPSA) is 110 Å². The summed E-state index contributed by atoms with van der Waals surface area (Å²) in [5.41, 5.74) is -0.946. The molecule has 0 amide bonds. The van der Waals surface area contributed by atoms with Gasteiger partial charge in [0, 0.05) is 0 Å². The van der Waals surface area contributed by atoms with E-state index in [4.69, 9.17) is 9.47 Å². The van der Waals surface area contributed by atoms with Gasteiger partial charge < -0.3 is 14.0 Å². The first-order chi connectivity index (χ1) is 21.3. The van der Waals surface area contributed by atoms with Crippen molar-refractivity contribution >= 4 is 22.1 Å². The van der Waals surface area contributed by atoms with E-state index >= 15 is 0 Å². The Morgan fingerprint density at radius 3 is 1.40 bits per heavy atom. The van der Waals surface area contributed by atoms with Gasteiger partial charge >= 0.3 is 63.3 Å². The number of hydrogen-bond donors (Lipinski definition) is 0. The molecule has 0 unspecified atom stereocenters. The number of unbranched alkanes of at least 4 members (excludes halogenated alkanes) is 20. The number of carbonyl (C=O) groups excluding carboxylic acids is 2. The Balaban J connectivity index is 0.0000194. The SMILES string of the molecule is CCCCCCCCCCCC/C=C/OC(=O)c1cccc(S(=O)(=O)[O-])c1C(=O)O/C=C/CCCCCCCCCCCC.[K+]. The van der Waals surface area contributed by atoms with Gasteiger partial charge in [0.25, 0.3) is 0 Å². The maximum Gasteiger partial charge on any atom is 1.00 e. The molecule has 0 bridgehead atoms. The number of carbonyl (C=O) groups is 2. The fraction of sp³-hybridized carbons (Fsp3) is 0.667. The Bertz CT molecular complexity index is 1080. The summed E-state index contributed by atoms with van der Waals surface area (Å²) in [6, 6.07) is 3.47. The summed E-state index contributed by atoms with van der Waals surface area (Å²) in [5.74, 6) is -2.03. The second-order valence-electron chi connectivity index (χ2n) is 11.6. The van der Waals surface area contributed by atoms with Crippen molar-refractivity contribution in [3.05, 3.63) is 54.0 Å². The first-order valence-corrected chi connectivity index (χ1v) is 18.5. The number of hydrogen-bond acceptors (Lipinski definition) is 7. The zero-order valence-electron chi connectivity index (χ0n) is 28.4. The normalized spacial score (nSPS) is 11.6. The minimum Gasteiger partial charge on any atom is -0.744 e. The van der Waals surface area contributed by atoms with E-state index in [2.05, 4.69) is 13.8 Å². The molecule has 45 heavy (non-hydrogen) atoms. The van der Waals surface area contributed by atoms with Crippen LogP contribution in [-0.4, -0.2) is 24.9 Å². The van der Waals surface area contributed by atoms with Gasteiger partial charge in [-0.15, -0.1) is 0 Å². The fourth-order valence-corrected chi connectivity index (χ4v) is 5.79. The van der Waals surface area contributed by atoms with E-state index in [9.17, 15) is 22.6 Å². The Morgan fingerprint density at radius 1 is 0.622 bits per heavy atom. The van der Waals surface area contributed by atoms with Crippen molar-refractivity contribution in [2.45, 2.75) is 160 Å². The average molecular weight is 673 g/mol. The van der Waals surface area contributed by atoms with E-state index in [1.807, 2.05) is 0 Å². The van der Waals surface area contributed by atoms with E-state index in [-0.39, 0.29) is 56.9 Å². The standard InChI is InChI=1S/C36H58O7S.K/c1-3-5-7-9-11-13-15-17-19-21-23-25-30-42-35(37)32-28-27-29-33(44(39,40)41)34(32)36(38)43-31-26-24-22-20-18-16-14-12-10-8-6-4-2;/h25-31H,3-24H2,1-2H3,(H,39,40,41);/q;+1/p-1/b30-25+,31-26+;. The molecule has 0 aromatic heterocycles. The van der Waals surface area contributed by atoms with Crippen LogP contribution < -0.4 is 51.4 Å². The van der Waals surface area contributed by atoms with Crippen molar-refractivity contribution in [2.24, 2.45) is 0 Å². The molecule has 0 saturated heterocycles. The molecule has 7 nitrogen and oxygen atoms in total. The molecule has 0 heterocycles. The third kappa shape index (κ3) is 22.4. The van der Waals surface area contributed by atoms with Crippen LogP contribution in [0.2, 0.25) is 0 Å². The predicted molar refractivity (Wildman–Crippen MR) is 176 cm³/mol. The van der Waals surface area contributed by atoms with Gasteiger partial charge in [-0.1, -0.05) is 135 Å². The molecular weight excluding hydrogens is 616 g/mol. The van der Waals surface area contributed by atoms with Gasteiger partial charge in [0.05, 0.1) is 28.5 Å². The molecule has 0 fully saturated rings. The first-order valence-electron chi connectivity index (χ1n) is 17.1. The molecule has 0 aliphatic carbocycles. The zero-order chi connectivity index (χ0) is 32.3. The Kier molecular flexibility index (Phi) is 28.8.